The van der Waals surface area contributed by atoms with Gasteiger partial charge in [-0.3, -0.25) is 4.79 Å². The highest BCUT2D eigenvalue weighted by molar-refractivity contribution is 5.94. The summed E-state index contributed by atoms with van der Waals surface area (Å²) in [5.74, 6) is -0.258. The van der Waals surface area contributed by atoms with Gasteiger partial charge < -0.3 is 9.42 Å². The number of nitrogens with zero attached hydrogens (tertiary/aromatic N) is 2. The average molecular weight is 212 g/mol. The van der Waals surface area contributed by atoms with Crippen molar-refractivity contribution >= 4 is 5.91 Å². The number of carbonyl (C=O) groups excluding carboxylic acids is 1. The van der Waals surface area contributed by atoms with Gasteiger partial charge in [0, 0.05) is 20.1 Å². The molecule has 0 saturated carbocycles. The van der Waals surface area contributed by atoms with Crippen LogP contribution in [0.5, 0.6) is 0 Å². The molecule has 5 nitrogen and oxygen atoms in total. The van der Waals surface area contributed by atoms with E-state index in [0.29, 0.717) is 18.8 Å². The molecule has 0 aliphatic rings. The highest BCUT2D eigenvalue weighted by atomic mass is 16.5. The number of hydrogen-bond acceptors (Lipinski definition) is 3. The molecule has 0 radical (unpaired) electrons. The van der Waals surface area contributed by atoms with Gasteiger partial charge in [0.05, 0.1) is 5.69 Å². The van der Waals surface area contributed by atoms with Crippen molar-refractivity contribution in [1.82, 2.24) is 9.64 Å². The van der Waals surface area contributed by atoms with E-state index in [1.165, 1.54) is 4.74 Å². The van der Waals surface area contributed by atoms with Crippen LogP contribution in [0.25, 0.3) is 0 Å². The summed E-state index contributed by atoms with van der Waals surface area (Å²) >= 11 is 0. The Morgan fingerprint density at radius 1 is 1.40 bits per heavy atom. The molecule has 0 spiro atoms. The molecule has 1 rings (SSSR count). The molecule has 15 heavy (non-hydrogen) atoms. The van der Waals surface area contributed by atoms with Gasteiger partial charge in [0.15, 0.2) is 0 Å². The van der Waals surface area contributed by atoms with E-state index in [2.05, 4.69) is 0 Å². The van der Waals surface area contributed by atoms with Gasteiger partial charge in [-0.25, -0.2) is 9.53 Å². The molecule has 1 heterocycles. The van der Waals surface area contributed by atoms with E-state index in [9.17, 15) is 9.59 Å². The second kappa shape index (κ2) is 4.33. The van der Waals surface area contributed by atoms with Gasteiger partial charge in [0.25, 0.3) is 5.91 Å². The summed E-state index contributed by atoms with van der Waals surface area (Å²) in [6.45, 7) is 6.62. The van der Waals surface area contributed by atoms with Crippen molar-refractivity contribution in [3.63, 3.8) is 0 Å². The molecule has 1 amide bonds. The fourth-order valence-corrected chi connectivity index (χ4v) is 1.45. The molecule has 0 aliphatic heterocycles. The zero-order chi connectivity index (χ0) is 11.6. The molecule has 0 fully saturated rings. The Morgan fingerprint density at radius 3 is 2.27 bits per heavy atom. The van der Waals surface area contributed by atoms with Crippen molar-refractivity contribution in [2.45, 2.75) is 20.8 Å². The first-order valence-electron chi connectivity index (χ1n) is 4.99. The Hall–Kier alpha value is -1.52. The standard InChI is InChI=1S/C10H16N2O3/c1-5-12(6-2)9(13)8-7(3)11(4)15-10(8)14/h5-6H2,1-4H3. The molecule has 84 valence electrons. The quantitative estimate of drug-likeness (QED) is 0.743. The second-order valence-corrected chi connectivity index (χ2v) is 3.31. The minimum absolute atomic E-state index is 0.140. The van der Waals surface area contributed by atoms with Crippen molar-refractivity contribution in [3.8, 4) is 0 Å². The summed E-state index contributed by atoms with van der Waals surface area (Å²) < 4.78 is 6.14. The van der Waals surface area contributed by atoms with Crippen LogP contribution >= 0.6 is 0 Å². The molecule has 1 aromatic heterocycles. The van der Waals surface area contributed by atoms with E-state index >= 15 is 0 Å². The monoisotopic (exact) mass is 212 g/mol. The number of carbonyl (C=O) groups is 1. The van der Waals surface area contributed by atoms with Crippen LogP contribution < -0.4 is 5.63 Å². The van der Waals surface area contributed by atoms with Crippen molar-refractivity contribution < 1.29 is 9.32 Å². The highest BCUT2D eigenvalue weighted by Crippen LogP contribution is 2.06. The first-order chi connectivity index (χ1) is 7.02. The summed E-state index contributed by atoms with van der Waals surface area (Å²) in [6.07, 6.45) is 0. The maximum absolute atomic E-state index is 11.9. The minimum atomic E-state index is -0.563. The van der Waals surface area contributed by atoms with Crippen LogP contribution in [-0.4, -0.2) is 28.6 Å². The lowest BCUT2D eigenvalue weighted by Gasteiger charge is -2.17. The summed E-state index contributed by atoms with van der Waals surface area (Å²) in [6, 6.07) is 0. The minimum Gasteiger partial charge on any atom is -0.339 e. The maximum Gasteiger partial charge on any atom is 0.370 e. The van der Waals surface area contributed by atoms with E-state index in [0.717, 1.165) is 0 Å². The molecule has 0 saturated heterocycles. The van der Waals surface area contributed by atoms with Crippen LogP contribution in [-0.2, 0) is 7.05 Å². The SMILES string of the molecule is CCN(CC)C(=O)c1c(C)n(C)oc1=O. The van der Waals surface area contributed by atoms with Crippen LogP contribution in [0, 0.1) is 6.92 Å². The van der Waals surface area contributed by atoms with Crippen molar-refractivity contribution in [3.05, 3.63) is 21.7 Å². The Labute approximate surface area is 88.2 Å². The molecule has 1 aromatic rings. The highest BCUT2D eigenvalue weighted by Gasteiger charge is 2.22. The third-order valence-corrected chi connectivity index (χ3v) is 2.52. The van der Waals surface area contributed by atoms with Crippen molar-refractivity contribution in [1.29, 1.82) is 0 Å². The fourth-order valence-electron chi connectivity index (χ4n) is 1.45. The zero-order valence-electron chi connectivity index (χ0n) is 9.53. The molecule has 5 heteroatoms. The van der Waals surface area contributed by atoms with Gasteiger partial charge in [0.1, 0.15) is 5.56 Å². The number of hydrogen-bond donors (Lipinski definition) is 0. The topological polar surface area (TPSA) is 55.5 Å². The number of aromatic nitrogens is 1. The Balaban J connectivity index is 3.16. The zero-order valence-corrected chi connectivity index (χ0v) is 9.53. The molecule has 0 atom stereocenters. The molecule has 0 aromatic carbocycles. The summed E-state index contributed by atoms with van der Waals surface area (Å²) in [7, 11) is 1.61. The lowest BCUT2D eigenvalue weighted by molar-refractivity contribution is 0.0770. The molecule has 0 bridgehead atoms. The summed E-state index contributed by atoms with van der Waals surface area (Å²) in [5.41, 5.74) is 0.144. The smallest absolute Gasteiger partial charge is 0.339 e. The lowest BCUT2D eigenvalue weighted by atomic mass is 10.2. The van der Waals surface area contributed by atoms with Crippen LogP contribution in [0.4, 0.5) is 0 Å². The molecule has 0 aliphatic carbocycles. The number of amides is 1. The molecule has 0 N–H and O–H groups in total. The van der Waals surface area contributed by atoms with Gasteiger partial charge in [-0.05, 0) is 20.8 Å². The van der Waals surface area contributed by atoms with Gasteiger partial charge in [0.2, 0.25) is 0 Å². The third-order valence-electron chi connectivity index (χ3n) is 2.52. The van der Waals surface area contributed by atoms with E-state index in [1.807, 2.05) is 13.8 Å². The molecular weight excluding hydrogens is 196 g/mol. The average Bonchev–Trinajstić information content (AvgIpc) is 2.43. The van der Waals surface area contributed by atoms with E-state index in [4.69, 9.17) is 4.52 Å². The van der Waals surface area contributed by atoms with E-state index < -0.39 is 5.63 Å². The van der Waals surface area contributed by atoms with E-state index in [-0.39, 0.29) is 11.5 Å². The predicted octanol–water partition coefficient (Wildman–Crippen LogP) is 0.769. The van der Waals surface area contributed by atoms with Crippen LogP contribution in [0.2, 0.25) is 0 Å². The van der Waals surface area contributed by atoms with Crippen LogP contribution in [0.3, 0.4) is 0 Å². The predicted molar refractivity (Wildman–Crippen MR) is 55.9 cm³/mol. The van der Waals surface area contributed by atoms with Gasteiger partial charge >= 0.3 is 5.63 Å². The van der Waals surface area contributed by atoms with Crippen LogP contribution in [0.1, 0.15) is 29.9 Å². The second-order valence-electron chi connectivity index (χ2n) is 3.31. The molecular formula is C10H16N2O3. The van der Waals surface area contributed by atoms with Gasteiger partial charge in [-0.1, -0.05) is 0 Å². The number of aryl methyl sites for hydroxylation is 1. The largest absolute Gasteiger partial charge is 0.370 e. The lowest BCUT2D eigenvalue weighted by Crippen LogP contribution is -2.33. The summed E-state index contributed by atoms with van der Waals surface area (Å²) in [4.78, 5) is 24.9. The normalized spacial score (nSPS) is 10.4. The summed E-state index contributed by atoms with van der Waals surface area (Å²) in [5, 5.41) is 0. The fraction of sp³-hybridized carbons (Fsp3) is 0.600. The third kappa shape index (κ3) is 1.95. The molecule has 0 unspecified atom stereocenters. The van der Waals surface area contributed by atoms with Gasteiger partial charge in [-0.2, -0.15) is 0 Å². The van der Waals surface area contributed by atoms with Crippen LogP contribution in [0.15, 0.2) is 9.32 Å². The maximum atomic E-state index is 11.9. The van der Waals surface area contributed by atoms with E-state index in [1.54, 1.807) is 18.9 Å². The van der Waals surface area contributed by atoms with Gasteiger partial charge in [-0.15, -0.1) is 0 Å². The Kier molecular flexibility index (Phi) is 3.34. The number of rotatable bonds is 3. The first-order valence-corrected chi connectivity index (χ1v) is 4.99. The van der Waals surface area contributed by atoms with Crippen molar-refractivity contribution in [2.75, 3.05) is 13.1 Å². The first kappa shape index (κ1) is 11.6. The van der Waals surface area contributed by atoms with Crippen molar-refractivity contribution in [2.24, 2.45) is 7.05 Å². The Bertz CT molecular complexity index is 413. The Morgan fingerprint density at radius 2 is 1.93 bits per heavy atom.